The Morgan fingerprint density at radius 2 is 1.50 bits per heavy atom. The minimum Gasteiger partial charge on any atom is -0.361 e. The molecule has 0 saturated heterocycles. The van der Waals surface area contributed by atoms with Gasteiger partial charge in [0.1, 0.15) is 0 Å². The fraction of sp³-hybridized carbons (Fsp3) is 0.308. The van der Waals surface area contributed by atoms with Crippen molar-refractivity contribution in [1.29, 1.82) is 0 Å². The van der Waals surface area contributed by atoms with E-state index >= 15 is 0 Å². The average molecular weight is 461 g/mol. The minimum atomic E-state index is -0.716. The maximum atomic E-state index is 13.0. The van der Waals surface area contributed by atoms with Crippen molar-refractivity contribution in [2.45, 2.75) is 25.3 Å². The molecule has 2 amide bonds. The SMILES string of the molecule is NCC[C@H](N)C(=O)N(CCc1c[nH]c2ccccc12)CC(=O)NCCc1c[nH]c2ccccc12. The van der Waals surface area contributed by atoms with Crippen LogP contribution in [0.3, 0.4) is 0 Å². The lowest BCUT2D eigenvalue weighted by Crippen LogP contribution is -2.49. The Morgan fingerprint density at radius 1 is 0.912 bits per heavy atom. The monoisotopic (exact) mass is 460 g/mol. The molecule has 8 heteroatoms. The highest BCUT2D eigenvalue weighted by Gasteiger charge is 2.23. The van der Waals surface area contributed by atoms with Crippen molar-refractivity contribution in [2.24, 2.45) is 11.5 Å². The fourth-order valence-electron chi connectivity index (χ4n) is 4.30. The lowest BCUT2D eigenvalue weighted by atomic mass is 10.1. The van der Waals surface area contributed by atoms with Gasteiger partial charge in [0, 0.05) is 47.3 Å². The summed E-state index contributed by atoms with van der Waals surface area (Å²) in [5.74, 6) is -0.455. The number of carbonyl (C=O) groups is 2. The molecule has 1 atom stereocenters. The zero-order chi connectivity index (χ0) is 23.9. The second-order valence-electron chi connectivity index (χ2n) is 8.51. The third-order valence-electron chi connectivity index (χ3n) is 6.16. The van der Waals surface area contributed by atoms with Gasteiger partial charge in [0.05, 0.1) is 12.6 Å². The largest absolute Gasteiger partial charge is 0.361 e. The van der Waals surface area contributed by atoms with Crippen LogP contribution in [0.2, 0.25) is 0 Å². The second-order valence-corrected chi connectivity index (χ2v) is 8.51. The Hall–Kier alpha value is -3.62. The maximum Gasteiger partial charge on any atom is 0.240 e. The molecule has 2 heterocycles. The summed E-state index contributed by atoms with van der Waals surface area (Å²) in [6.07, 6.45) is 5.62. The first-order valence-electron chi connectivity index (χ1n) is 11.7. The predicted octanol–water partition coefficient (Wildman–Crippen LogP) is 2.06. The summed E-state index contributed by atoms with van der Waals surface area (Å²) in [7, 11) is 0. The van der Waals surface area contributed by atoms with E-state index in [1.165, 1.54) is 0 Å². The number of amides is 2. The minimum absolute atomic E-state index is 0.0344. The number of aromatic amines is 2. The van der Waals surface area contributed by atoms with Gasteiger partial charge in [-0.15, -0.1) is 0 Å². The van der Waals surface area contributed by atoms with Crippen LogP contribution in [0.4, 0.5) is 0 Å². The smallest absolute Gasteiger partial charge is 0.240 e. The van der Waals surface area contributed by atoms with Gasteiger partial charge >= 0.3 is 0 Å². The van der Waals surface area contributed by atoms with Crippen molar-refractivity contribution in [2.75, 3.05) is 26.2 Å². The Morgan fingerprint density at radius 3 is 2.12 bits per heavy atom. The standard InChI is InChI=1S/C26H32N6O2/c27-12-9-22(28)26(34)32(14-11-19-16-31-24-8-4-2-6-21(19)24)17-25(33)29-13-10-18-15-30-23-7-3-1-5-20(18)23/h1-8,15-16,22,30-31H,9-14,17,27-28H2,(H,29,33)/t22-/m0/s1. The van der Waals surface area contributed by atoms with E-state index in [4.69, 9.17) is 11.5 Å². The van der Waals surface area contributed by atoms with Crippen molar-refractivity contribution < 1.29 is 9.59 Å². The fourth-order valence-corrected chi connectivity index (χ4v) is 4.30. The Balaban J connectivity index is 1.36. The number of benzene rings is 2. The van der Waals surface area contributed by atoms with Crippen LogP contribution >= 0.6 is 0 Å². The van der Waals surface area contributed by atoms with Gasteiger partial charge in [0.15, 0.2) is 0 Å². The number of fused-ring (bicyclic) bond motifs is 2. The number of nitrogens with one attached hydrogen (secondary N) is 3. The Labute approximate surface area is 198 Å². The van der Waals surface area contributed by atoms with E-state index in [9.17, 15) is 9.59 Å². The van der Waals surface area contributed by atoms with Crippen LogP contribution in [0.15, 0.2) is 60.9 Å². The van der Waals surface area contributed by atoms with Crippen molar-refractivity contribution in [3.63, 3.8) is 0 Å². The van der Waals surface area contributed by atoms with Crippen molar-refractivity contribution in [3.8, 4) is 0 Å². The molecule has 0 spiro atoms. The summed E-state index contributed by atoms with van der Waals surface area (Å²) in [5.41, 5.74) is 16.0. The number of carbonyl (C=O) groups excluding carboxylic acids is 2. The molecule has 4 rings (SSSR count). The summed E-state index contributed by atoms with van der Waals surface area (Å²) in [4.78, 5) is 33.7. The first kappa shape index (κ1) is 23.5. The quantitative estimate of drug-likeness (QED) is 0.234. The van der Waals surface area contributed by atoms with Crippen molar-refractivity contribution in [3.05, 3.63) is 72.1 Å². The molecule has 178 valence electrons. The predicted molar refractivity (Wildman–Crippen MR) is 135 cm³/mol. The lowest BCUT2D eigenvalue weighted by molar-refractivity contribution is -0.137. The van der Waals surface area contributed by atoms with Crippen molar-refractivity contribution >= 4 is 33.6 Å². The summed E-state index contributed by atoms with van der Waals surface area (Å²) in [5, 5.41) is 5.21. The summed E-state index contributed by atoms with van der Waals surface area (Å²) >= 11 is 0. The molecule has 0 fully saturated rings. The molecule has 2 aromatic heterocycles. The number of nitrogens with two attached hydrogens (primary N) is 2. The van der Waals surface area contributed by atoms with Crippen LogP contribution in [-0.2, 0) is 22.4 Å². The molecule has 0 aliphatic carbocycles. The molecule has 0 unspecified atom stereocenters. The number of hydrogen-bond donors (Lipinski definition) is 5. The highest BCUT2D eigenvalue weighted by Crippen LogP contribution is 2.19. The maximum absolute atomic E-state index is 13.0. The lowest BCUT2D eigenvalue weighted by Gasteiger charge is -2.25. The van der Waals surface area contributed by atoms with E-state index in [2.05, 4.69) is 21.4 Å². The number of H-pyrrole nitrogens is 2. The third-order valence-corrected chi connectivity index (χ3v) is 6.16. The molecule has 0 bridgehead atoms. The first-order chi connectivity index (χ1) is 16.6. The average Bonchev–Trinajstić information content (AvgIpc) is 3.46. The highest BCUT2D eigenvalue weighted by molar-refractivity contribution is 5.88. The van der Waals surface area contributed by atoms with Crippen LogP contribution in [0, 0.1) is 0 Å². The van der Waals surface area contributed by atoms with E-state index in [0.29, 0.717) is 38.9 Å². The summed E-state index contributed by atoms with van der Waals surface area (Å²) in [6.45, 7) is 1.17. The van der Waals surface area contributed by atoms with Crippen LogP contribution in [0.5, 0.6) is 0 Å². The van der Waals surface area contributed by atoms with E-state index in [0.717, 1.165) is 32.9 Å². The van der Waals surface area contributed by atoms with Crippen LogP contribution in [-0.4, -0.2) is 58.9 Å². The zero-order valence-corrected chi connectivity index (χ0v) is 19.2. The van der Waals surface area contributed by atoms with Gasteiger partial charge in [0.2, 0.25) is 11.8 Å². The van der Waals surface area contributed by atoms with E-state index < -0.39 is 6.04 Å². The summed E-state index contributed by atoms with van der Waals surface area (Å²) in [6, 6.07) is 15.4. The molecular weight excluding hydrogens is 428 g/mol. The number of hydrogen-bond acceptors (Lipinski definition) is 4. The topological polar surface area (TPSA) is 133 Å². The van der Waals surface area contributed by atoms with Gasteiger partial charge in [-0.3, -0.25) is 9.59 Å². The third kappa shape index (κ3) is 5.47. The van der Waals surface area contributed by atoms with Gasteiger partial charge in [-0.05, 0) is 49.1 Å². The number of rotatable bonds is 11. The molecule has 0 saturated carbocycles. The van der Waals surface area contributed by atoms with Gasteiger partial charge in [-0.25, -0.2) is 0 Å². The molecule has 4 aromatic rings. The Kier molecular flexibility index (Phi) is 7.61. The van der Waals surface area contributed by atoms with Gasteiger partial charge in [-0.1, -0.05) is 36.4 Å². The van der Waals surface area contributed by atoms with Gasteiger partial charge in [-0.2, -0.15) is 0 Å². The molecule has 8 nitrogen and oxygen atoms in total. The van der Waals surface area contributed by atoms with Gasteiger partial charge < -0.3 is 31.7 Å². The van der Waals surface area contributed by atoms with E-state index in [-0.39, 0.29) is 18.4 Å². The summed E-state index contributed by atoms with van der Waals surface area (Å²) < 4.78 is 0. The Bertz CT molecular complexity index is 1260. The molecule has 0 aliphatic heterocycles. The molecule has 7 N–H and O–H groups in total. The molecule has 34 heavy (non-hydrogen) atoms. The molecule has 0 radical (unpaired) electrons. The molecule has 2 aromatic carbocycles. The van der Waals surface area contributed by atoms with Crippen molar-refractivity contribution in [1.82, 2.24) is 20.2 Å². The van der Waals surface area contributed by atoms with Crippen LogP contribution in [0.25, 0.3) is 21.8 Å². The van der Waals surface area contributed by atoms with Crippen LogP contribution in [0.1, 0.15) is 17.5 Å². The highest BCUT2D eigenvalue weighted by atomic mass is 16.2. The second kappa shape index (κ2) is 11.0. The number of aromatic nitrogens is 2. The van der Waals surface area contributed by atoms with Gasteiger partial charge in [0.25, 0.3) is 0 Å². The first-order valence-corrected chi connectivity index (χ1v) is 11.7. The molecule has 0 aliphatic rings. The number of nitrogens with zero attached hydrogens (tertiary/aromatic N) is 1. The van der Waals surface area contributed by atoms with E-state index in [1.807, 2.05) is 54.9 Å². The normalized spacial score (nSPS) is 12.2. The zero-order valence-electron chi connectivity index (χ0n) is 19.2. The van der Waals surface area contributed by atoms with Crippen LogP contribution < -0.4 is 16.8 Å². The number of para-hydroxylation sites is 2. The molecular formula is C26H32N6O2. The van der Waals surface area contributed by atoms with E-state index in [1.54, 1.807) is 4.90 Å².